The Morgan fingerprint density at radius 2 is 2.04 bits per heavy atom. The summed E-state index contributed by atoms with van der Waals surface area (Å²) < 4.78 is 1.43. The summed E-state index contributed by atoms with van der Waals surface area (Å²) in [7, 11) is 0. The summed E-state index contributed by atoms with van der Waals surface area (Å²) in [5, 5.41) is 15.3. The quantitative estimate of drug-likeness (QED) is 0.545. The summed E-state index contributed by atoms with van der Waals surface area (Å²) in [4.78, 5) is 15.2. The minimum absolute atomic E-state index is 0.104. The molecule has 3 rings (SSSR count). The maximum Gasteiger partial charge on any atom is 0.372 e. The molecule has 0 radical (unpaired) electrons. The van der Waals surface area contributed by atoms with E-state index in [9.17, 15) is 10.1 Å². The zero-order valence-electron chi connectivity index (χ0n) is 12.0. The summed E-state index contributed by atoms with van der Waals surface area (Å²) >= 11 is 11.9. The highest BCUT2D eigenvalue weighted by molar-refractivity contribution is 6.42. The Kier molecular flexibility index (Phi) is 4.11. The number of aromatic nitrogens is 2. The lowest BCUT2D eigenvalue weighted by Gasteiger charge is -2.14. The van der Waals surface area contributed by atoms with Gasteiger partial charge in [0.1, 0.15) is 0 Å². The van der Waals surface area contributed by atoms with Crippen molar-refractivity contribution >= 4 is 40.5 Å². The number of fused-ring (bicyclic) bond motifs is 1. The van der Waals surface area contributed by atoms with E-state index in [0.29, 0.717) is 15.7 Å². The molecule has 2 heterocycles. The predicted octanol–water partition coefficient (Wildman–Crippen LogP) is 4.72. The van der Waals surface area contributed by atoms with Gasteiger partial charge in [0.05, 0.1) is 22.3 Å². The molecule has 1 aromatic carbocycles. The lowest BCUT2D eigenvalue weighted by Crippen LogP contribution is -2.08. The number of hydrogen-bond donors (Lipinski definition) is 1. The second-order valence-electron chi connectivity index (χ2n) is 5.01. The van der Waals surface area contributed by atoms with Crippen molar-refractivity contribution in [2.45, 2.75) is 13.0 Å². The first-order valence-corrected chi connectivity index (χ1v) is 7.56. The van der Waals surface area contributed by atoms with Crippen LogP contribution in [0.15, 0.2) is 42.6 Å². The first-order chi connectivity index (χ1) is 11.0. The van der Waals surface area contributed by atoms with E-state index in [-0.39, 0.29) is 17.7 Å². The van der Waals surface area contributed by atoms with Crippen LogP contribution in [-0.4, -0.2) is 14.3 Å². The number of benzene rings is 1. The van der Waals surface area contributed by atoms with Crippen molar-refractivity contribution in [3.05, 3.63) is 68.3 Å². The average molecular weight is 351 g/mol. The highest BCUT2D eigenvalue weighted by Gasteiger charge is 2.23. The van der Waals surface area contributed by atoms with Crippen LogP contribution >= 0.6 is 23.2 Å². The van der Waals surface area contributed by atoms with E-state index in [4.69, 9.17) is 23.2 Å². The zero-order chi connectivity index (χ0) is 16.6. The molecule has 0 spiro atoms. The van der Waals surface area contributed by atoms with Crippen LogP contribution in [0.25, 0.3) is 5.65 Å². The Morgan fingerprint density at radius 3 is 2.74 bits per heavy atom. The van der Waals surface area contributed by atoms with Gasteiger partial charge in [-0.25, -0.2) is 0 Å². The SMILES string of the molecule is CC(Nc1nc2ccccn2c1[N+](=O)[O-])c1ccc(Cl)c(Cl)c1. The molecule has 1 unspecified atom stereocenters. The van der Waals surface area contributed by atoms with Gasteiger partial charge in [-0.1, -0.05) is 35.3 Å². The first kappa shape index (κ1) is 15.6. The molecule has 0 aliphatic rings. The fourth-order valence-corrected chi connectivity index (χ4v) is 2.63. The van der Waals surface area contributed by atoms with Crippen LogP contribution in [0, 0.1) is 10.1 Å². The molecular weight excluding hydrogens is 339 g/mol. The molecule has 3 aromatic rings. The van der Waals surface area contributed by atoms with E-state index in [1.54, 1.807) is 36.5 Å². The van der Waals surface area contributed by atoms with Gasteiger partial charge in [-0.05, 0) is 35.6 Å². The Bertz CT molecular complexity index is 894. The van der Waals surface area contributed by atoms with Crippen molar-refractivity contribution in [1.82, 2.24) is 9.38 Å². The summed E-state index contributed by atoms with van der Waals surface area (Å²) in [6.07, 6.45) is 1.61. The number of hydrogen-bond acceptors (Lipinski definition) is 4. The number of pyridine rings is 1. The highest BCUT2D eigenvalue weighted by Crippen LogP contribution is 2.31. The van der Waals surface area contributed by atoms with E-state index in [0.717, 1.165) is 5.56 Å². The third-order valence-corrected chi connectivity index (χ3v) is 4.21. The average Bonchev–Trinajstić information content (AvgIpc) is 2.87. The minimum atomic E-state index is -0.454. The summed E-state index contributed by atoms with van der Waals surface area (Å²) in [5.41, 5.74) is 1.36. The molecule has 23 heavy (non-hydrogen) atoms. The van der Waals surface area contributed by atoms with Crippen LogP contribution in [-0.2, 0) is 0 Å². The van der Waals surface area contributed by atoms with Crippen LogP contribution < -0.4 is 5.32 Å². The number of imidazole rings is 1. The van der Waals surface area contributed by atoms with Crippen LogP contribution in [0.1, 0.15) is 18.5 Å². The molecule has 0 amide bonds. The number of rotatable bonds is 4. The molecule has 1 atom stereocenters. The van der Waals surface area contributed by atoms with Gasteiger partial charge in [-0.15, -0.1) is 0 Å². The second kappa shape index (κ2) is 6.06. The Hall–Kier alpha value is -2.31. The van der Waals surface area contributed by atoms with Crippen LogP contribution in [0.5, 0.6) is 0 Å². The normalized spacial score (nSPS) is 12.3. The van der Waals surface area contributed by atoms with Crippen molar-refractivity contribution in [2.24, 2.45) is 0 Å². The van der Waals surface area contributed by atoms with Gasteiger partial charge in [0.25, 0.3) is 0 Å². The highest BCUT2D eigenvalue weighted by atomic mass is 35.5. The van der Waals surface area contributed by atoms with Gasteiger partial charge in [0.15, 0.2) is 0 Å². The maximum atomic E-state index is 11.4. The Labute approximate surface area is 141 Å². The lowest BCUT2D eigenvalue weighted by molar-refractivity contribution is -0.389. The van der Waals surface area contributed by atoms with E-state index < -0.39 is 4.92 Å². The van der Waals surface area contributed by atoms with Crippen LogP contribution in [0.2, 0.25) is 10.0 Å². The van der Waals surface area contributed by atoms with Crippen LogP contribution in [0.4, 0.5) is 11.6 Å². The number of nitro groups is 1. The monoisotopic (exact) mass is 350 g/mol. The minimum Gasteiger partial charge on any atom is -0.358 e. The molecule has 0 saturated carbocycles. The van der Waals surface area contributed by atoms with E-state index in [1.165, 1.54) is 4.40 Å². The third kappa shape index (κ3) is 2.95. The lowest BCUT2D eigenvalue weighted by atomic mass is 10.1. The maximum absolute atomic E-state index is 11.4. The predicted molar refractivity (Wildman–Crippen MR) is 90.3 cm³/mol. The summed E-state index contributed by atoms with van der Waals surface area (Å²) in [5.74, 6) is 0.104. The summed E-state index contributed by atoms with van der Waals surface area (Å²) in [6, 6.07) is 10.2. The van der Waals surface area contributed by atoms with Gasteiger partial charge in [-0.2, -0.15) is 9.38 Å². The van der Waals surface area contributed by atoms with Crippen LogP contribution in [0.3, 0.4) is 0 Å². The molecule has 0 aliphatic carbocycles. The van der Waals surface area contributed by atoms with Gasteiger partial charge >= 0.3 is 5.82 Å². The number of anilines is 1. The van der Waals surface area contributed by atoms with Crippen molar-refractivity contribution in [2.75, 3.05) is 5.32 Å². The molecule has 2 aromatic heterocycles. The molecule has 0 fully saturated rings. The van der Waals surface area contributed by atoms with Crippen molar-refractivity contribution in [3.63, 3.8) is 0 Å². The van der Waals surface area contributed by atoms with Gasteiger partial charge < -0.3 is 15.4 Å². The van der Waals surface area contributed by atoms with Gasteiger partial charge in [0.2, 0.25) is 11.5 Å². The molecule has 118 valence electrons. The molecule has 6 nitrogen and oxygen atoms in total. The molecule has 8 heteroatoms. The smallest absolute Gasteiger partial charge is 0.358 e. The number of halogens is 2. The molecule has 1 N–H and O–H groups in total. The van der Waals surface area contributed by atoms with Gasteiger partial charge in [-0.3, -0.25) is 0 Å². The second-order valence-corrected chi connectivity index (χ2v) is 5.82. The molecule has 0 saturated heterocycles. The van der Waals surface area contributed by atoms with Crippen molar-refractivity contribution < 1.29 is 4.92 Å². The standard InChI is InChI=1S/C15H12Cl2N4O2/c1-9(10-5-6-11(16)12(17)8-10)18-14-15(21(22)23)20-7-3-2-4-13(20)19-14/h2-9,18H,1H3. The Morgan fingerprint density at radius 1 is 1.26 bits per heavy atom. The van der Waals surface area contributed by atoms with E-state index >= 15 is 0 Å². The zero-order valence-corrected chi connectivity index (χ0v) is 13.5. The van der Waals surface area contributed by atoms with Crippen molar-refractivity contribution in [1.29, 1.82) is 0 Å². The third-order valence-electron chi connectivity index (χ3n) is 3.47. The topological polar surface area (TPSA) is 72.5 Å². The number of nitrogens with one attached hydrogen (secondary N) is 1. The largest absolute Gasteiger partial charge is 0.372 e. The Balaban J connectivity index is 1.98. The fourth-order valence-electron chi connectivity index (χ4n) is 2.32. The van der Waals surface area contributed by atoms with E-state index in [2.05, 4.69) is 10.3 Å². The fraction of sp³-hybridized carbons (Fsp3) is 0.133. The molecule has 0 aliphatic heterocycles. The molecule has 0 bridgehead atoms. The van der Waals surface area contributed by atoms with Crippen molar-refractivity contribution in [3.8, 4) is 0 Å². The van der Waals surface area contributed by atoms with E-state index in [1.807, 2.05) is 13.0 Å². The molecular formula is C15H12Cl2N4O2. The van der Waals surface area contributed by atoms with Gasteiger partial charge in [0, 0.05) is 6.07 Å². The summed E-state index contributed by atoms with van der Waals surface area (Å²) in [6.45, 7) is 1.87. The first-order valence-electron chi connectivity index (χ1n) is 6.80. The number of nitrogens with zero attached hydrogens (tertiary/aromatic N) is 3.